The van der Waals surface area contributed by atoms with E-state index >= 15 is 0 Å². The number of carbonyl (C=O) groups is 3. The van der Waals surface area contributed by atoms with Crippen LogP contribution < -0.4 is 15.4 Å². The number of nitrogens with one attached hydrogen (secondary N) is 2. The van der Waals surface area contributed by atoms with E-state index in [0.717, 1.165) is 16.7 Å². The quantitative estimate of drug-likeness (QED) is 0.202. The number of methoxy groups -OCH3 is 1. The smallest absolute Gasteiger partial charge is 0.272 e. The molecular weight excluding hydrogens is 488 g/mol. The lowest BCUT2D eigenvalue weighted by Crippen LogP contribution is -2.30. The molecule has 0 fully saturated rings. The largest absolute Gasteiger partial charge is 0.496 e. The predicted octanol–water partition coefficient (Wildman–Crippen LogP) is 6.31. The molecule has 0 unspecified atom stereocenters. The Bertz CT molecular complexity index is 1540. The van der Waals surface area contributed by atoms with Crippen LogP contribution in [0.5, 0.6) is 5.75 Å². The molecule has 0 aromatic heterocycles. The van der Waals surface area contributed by atoms with Crippen LogP contribution in [0.3, 0.4) is 0 Å². The second-order valence-corrected chi connectivity index (χ2v) is 8.71. The zero-order chi connectivity index (χ0) is 27.6. The number of rotatable bonds is 9. The third kappa shape index (κ3) is 7.17. The van der Waals surface area contributed by atoms with Gasteiger partial charge in [0.25, 0.3) is 11.8 Å². The topological polar surface area (TPSA) is 84.5 Å². The summed E-state index contributed by atoms with van der Waals surface area (Å²) >= 11 is 0. The molecule has 0 heterocycles. The van der Waals surface area contributed by atoms with Gasteiger partial charge in [0.1, 0.15) is 11.4 Å². The van der Waals surface area contributed by atoms with E-state index in [2.05, 4.69) is 10.6 Å². The Morgan fingerprint density at radius 3 is 2.05 bits per heavy atom. The zero-order valence-electron chi connectivity index (χ0n) is 21.7. The van der Waals surface area contributed by atoms with Crippen molar-refractivity contribution in [2.24, 2.45) is 0 Å². The van der Waals surface area contributed by atoms with Crippen molar-refractivity contribution in [2.45, 2.75) is 6.92 Å². The summed E-state index contributed by atoms with van der Waals surface area (Å²) < 4.78 is 5.31. The van der Waals surface area contributed by atoms with Crippen LogP contribution in [-0.2, 0) is 4.79 Å². The van der Waals surface area contributed by atoms with Crippen molar-refractivity contribution in [1.29, 1.82) is 0 Å². The Morgan fingerprint density at radius 2 is 1.36 bits per heavy atom. The van der Waals surface area contributed by atoms with Crippen LogP contribution in [0, 0.1) is 6.92 Å². The molecule has 2 N–H and O–H groups in total. The normalized spacial score (nSPS) is 11.2. The van der Waals surface area contributed by atoms with Gasteiger partial charge in [-0.25, -0.2) is 0 Å². The number of hydrogen-bond acceptors (Lipinski definition) is 4. The zero-order valence-corrected chi connectivity index (χ0v) is 21.7. The highest BCUT2D eigenvalue weighted by atomic mass is 16.5. The van der Waals surface area contributed by atoms with E-state index in [1.165, 1.54) is 6.08 Å². The summed E-state index contributed by atoms with van der Waals surface area (Å²) in [6, 6.07) is 30.2. The second kappa shape index (κ2) is 12.8. The summed E-state index contributed by atoms with van der Waals surface area (Å²) in [5, 5.41) is 5.55. The number of carbonyl (C=O) groups excluding carboxylic acids is 3. The van der Waals surface area contributed by atoms with Crippen molar-refractivity contribution >= 4 is 35.4 Å². The molecule has 0 aliphatic heterocycles. The van der Waals surface area contributed by atoms with Crippen LogP contribution in [-0.4, -0.2) is 24.7 Å². The van der Waals surface area contributed by atoms with Crippen molar-refractivity contribution in [2.75, 3.05) is 12.4 Å². The van der Waals surface area contributed by atoms with Gasteiger partial charge in [0, 0.05) is 22.4 Å². The van der Waals surface area contributed by atoms with Crippen LogP contribution in [0.4, 0.5) is 5.69 Å². The lowest BCUT2D eigenvalue weighted by Gasteiger charge is -2.12. The number of hydrogen-bond donors (Lipinski definition) is 2. The Hall–Kier alpha value is -5.23. The lowest BCUT2D eigenvalue weighted by molar-refractivity contribution is -0.113. The van der Waals surface area contributed by atoms with E-state index in [9.17, 15) is 14.4 Å². The van der Waals surface area contributed by atoms with Crippen molar-refractivity contribution < 1.29 is 19.1 Å². The maximum absolute atomic E-state index is 13.2. The standard InChI is InChI=1S/C33H28N2O4/c1-23-10-6-7-14-27(23)22-29(35-32(37)26-12-4-3-5-13-26)33(38)34-28-19-16-24(17-20-28)30(36)21-18-25-11-8-9-15-31(25)39-2/h3-22H,1-2H3,(H,34,38)(H,35,37)/b21-18+,29-22-. The van der Waals surface area contributed by atoms with Crippen molar-refractivity contribution in [1.82, 2.24) is 5.32 Å². The van der Waals surface area contributed by atoms with Crippen LogP contribution in [0.15, 0.2) is 115 Å². The van der Waals surface area contributed by atoms with Gasteiger partial charge in [0.2, 0.25) is 0 Å². The average Bonchev–Trinajstić information content (AvgIpc) is 2.97. The molecular formula is C33H28N2O4. The highest BCUT2D eigenvalue weighted by molar-refractivity contribution is 6.11. The Morgan fingerprint density at radius 1 is 0.718 bits per heavy atom. The van der Waals surface area contributed by atoms with Crippen molar-refractivity contribution in [3.05, 3.63) is 143 Å². The first-order chi connectivity index (χ1) is 18.9. The first kappa shape index (κ1) is 26.8. The summed E-state index contributed by atoms with van der Waals surface area (Å²) in [5.74, 6) is -0.395. The number of para-hydroxylation sites is 1. The van der Waals surface area contributed by atoms with Crippen molar-refractivity contribution in [3.8, 4) is 5.75 Å². The van der Waals surface area contributed by atoms with E-state index in [1.807, 2.05) is 61.5 Å². The number of anilines is 1. The molecule has 0 aliphatic carbocycles. The van der Waals surface area contributed by atoms with E-state index in [4.69, 9.17) is 4.74 Å². The molecule has 0 saturated heterocycles. The van der Waals surface area contributed by atoms with Gasteiger partial charge in [-0.15, -0.1) is 0 Å². The monoisotopic (exact) mass is 516 g/mol. The molecule has 6 nitrogen and oxygen atoms in total. The Labute approximate surface area is 227 Å². The minimum Gasteiger partial charge on any atom is -0.496 e. The molecule has 0 bridgehead atoms. The highest BCUT2D eigenvalue weighted by Crippen LogP contribution is 2.20. The third-order valence-electron chi connectivity index (χ3n) is 6.00. The fraction of sp³-hybridized carbons (Fsp3) is 0.0606. The van der Waals surface area contributed by atoms with Gasteiger partial charge < -0.3 is 15.4 Å². The number of ketones is 1. The van der Waals surface area contributed by atoms with Crippen LogP contribution in [0.2, 0.25) is 0 Å². The summed E-state index contributed by atoms with van der Waals surface area (Å²) in [5.41, 5.74) is 4.03. The van der Waals surface area contributed by atoms with E-state index < -0.39 is 11.8 Å². The molecule has 0 radical (unpaired) electrons. The molecule has 0 spiro atoms. The predicted molar refractivity (Wildman–Crippen MR) is 154 cm³/mol. The first-order valence-electron chi connectivity index (χ1n) is 12.3. The van der Waals surface area contributed by atoms with Crippen LogP contribution in [0.1, 0.15) is 37.4 Å². The Kier molecular flexibility index (Phi) is 8.83. The fourth-order valence-electron chi connectivity index (χ4n) is 3.83. The summed E-state index contributed by atoms with van der Waals surface area (Å²) in [6.45, 7) is 1.93. The molecule has 4 aromatic rings. The molecule has 6 heteroatoms. The first-order valence-corrected chi connectivity index (χ1v) is 12.3. The number of benzene rings is 4. The van der Waals surface area contributed by atoms with Crippen molar-refractivity contribution in [3.63, 3.8) is 0 Å². The molecule has 39 heavy (non-hydrogen) atoms. The van der Waals surface area contributed by atoms with E-state index in [-0.39, 0.29) is 11.5 Å². The molecule has 194 valence electrons. The van der Waals surface area contributed by atoms with Gasteiger partial charge in [-0.2, -0.15) is 0 Å². The molecule has 0 saturated carbocycles. The van der Waals surface area contributed by atoms with Crippen LogP contribution in [0.25, 0.3) is 12.2 Å². The number of aryl methyl sites for hydroxylation is 1. The minimum atomic E-state index is -0.488. The number of allylic oxidation sites excluding steroid dienone is 1. The molecule has 4 rings (SSSR count). The van der Waals surface area contributed by atoms with Crippen LogP contribution >= 0.6 is 0 Å². The maximum atomic E-state index is 13.2. The van der Waals surface area contributed by atoms with Gasteiger partial charge in [0.15, 0.2) is 5.78 Å². The van der Waals surface area contributed by atoms with E-state index in [0.29, 0.717) is 22.6 Å². The summed E-state index contributed by atoms with van der Waals surface area (Å²) in [4.78, 5) is 38.8. The second-order valence-electron chi connectivity index (χ2n) is 8.71. The van der Waals surface area contributed by atoms with Gasteiger partial charge in [-0.05, 0) is 78.7 Å². The van der Waals surface area contributed by atoms with Gasteiger partial charge in [-0.1, -0.05) is 60.7 Å². The van der Waals surface area contributed by atoms with E-state index in [1.54, 1.807) is 67.8 Å². The minimum absolute atomic E-state index is 0.0954. The summed E-state index contributed by atoms with van der Waals surface area (Å²) in [6.07, 6.45) is 4.83. The number of ether oxygens (including phenoxy) is 1. The van der Waals surface area contributed by atoms with Gasteiger partial charge >= 0.3 is 0 Å². The Balaban J connectivity index is 1.50. The lowest BCUT2D eigenvalue weighted by atomic mass is 10.1. The van der Waals surface area contributed by atoms with Gasteiger partial charge in [0.05, 0.1) is 7.11 Å². The number of amides is 2. The molecule has 2 amide bonds. The fourth-order valence-corrected chi connectivity index (χ4v) is 3.83. The molecule has 4 aromatic carbocycles. The molecule has 0 aliphatic rings. The molecule has 0 atom stereocenters. The van der Waals surface area contributed by atoms with Gasteiger partial charge in [-0.3, -0.25) is 14.4 Å². The summed E-state index contributed by atoms with van der Waals surface area (Å²) in [7, 11) is 1.58. The third-order valence-corrected chi connectivity index (χ3v) is 6.00. The highest BCUT2D eigenvalue weighted by Gasteiger charge is 2.16. The SMILES string of the molecule is COc1ccccc1/C=C/C(=O)c1ccc(NC(=O)/C(=C/c2ccccc2C)NC(=O)c2ccccc2)cc1. The maximum Gasteiger partial charge on any atom is 0.272 e. The average molecular weight is 517 g/mol.